The van der Waals surface area contributed by atoms with Crippen LogP contribution in [0.3, 0.4) is 0 Å². The minimum absolute atomic E-state index is 0.0608. The average molecular weight is 479 g/mol. The molecule has 1 saturated heterocycles. The number of carbonyl (C=O) groups is 1. The lowest BCUT2D eigenvalue weighted by Crippen LogP contribution is -2.38. The van der Waals surface area contributed by atoms with Gasteiger partial charge in [-0.25, -0.2) is 8.42 Å². The predicted molar refractivity (Wildman–Crippen MR) is 134 cm³/mol. The van der Waals surface area contributed by atoms with Crippen molar-refractivity contribution in [3.05, 3.63) is 90.0 Å². The number of piperidine rings is 1. The number of sulfonamides is 1. The smallest absolute Gasteiger partial charge is 0.261 e. The van der Waals surface area contributed by atoms with Gasteiger partial charge in [-0.3, -0.25) is 9.52 Å². The van der Waals surface area contributed by atoms with E-state index in [4.69, 9.17) is 4.74 Å². The Kier molecular flexibility index (Phi) is 7.53. The minimum atomic E-state index is -3.70. The first kappa shape index (κ1) is 23.8. The second-order valence-electron chi connectivity index (χ2n) is 8.62. The van der Waals surface area contributed by atoms with Crippen LogP contribution in [-0.2, 0) is 16.4 Å². The van der Waals surface area contributed by atoms with Gasteiger partial charge in [0.1, 0.15) is 5.75 Å². The number of aryl methyl sites for hydroxylation is 1. The molecule has 34 heavy (non-hydrogen) atoms. The van der Waals surface area contributed by atoms with Crippen LogP contribution in [0.15, 0.2) is 83.8 Å². The predicted octanol–water partition coefficient (Wildman–Crippen LogP) is 4.98. The van der Waals surface area contributed by atoms with E-state index in [9.17, 15) is 13.2 Å². The summed E-state index contributed by atoms with van der Waals surface area (Å²) in [7, 11) is -2.03. The van der Waals surface area contributed by atoms with E-state index >= 15 is 0 Å². The molecule has 0 aliphatic carbocycles. The molecule has 1 aliphatic rings. The van der Waals surface area contributed by atoms with Gasteiger partial charge in [0.15, 0.2) is 0 Å². The molecule has 0 radical (unpaired) electrons. The molecule has 1 aliphatic heterocycles. The van der Waals surface area contributed by atoms with Crippen molar-refractivity contribution in [2.24, 2.45) is 5.92 Å². The van der Waals surface area contributed by atoms with Crippen LogP contribution in [0.4, 0.5) is 5.69 Å². The third-order valence-electron chi connectivity index (χ3n) is 6.32. The summed E-state index contributed by atoms with van der Waals surface area (Å²) in [5.74, 6) is 1.40. The number of benzene rings is 3. The molecule has 3 aromatic rings. The van der Waals surface area contributed by atoms with E-state index in [2.05, 4.69) is 16.9 Å². The van der Waals surface area contributed by atoms with Crippen molar-refractivity contribution < 1.29 is 17.9 Å². The lowest BCUT2D eigenvalue weighted by atomic mass is 9.90. The number of carbonyl (C=O) groups excluding carboxylic acids is 1. The van der Waals surface area contributed by atoms with Crippen molar-refractivity contribution in [3.63, 3.8) is 0 Å². The molecule has 6 nitrogen and oxygen atoms in total. The van der Waals surface area contributed by atoms with E-state index in [-0.39, 0.29) is 10.8 Å². The number of nitrogens with one attached hydrogen (secondary N) is 1. The first-order chi connectivity index (χ1) is 16.4. The zero-order valence-corrected chi connectivity index (χ0v) is 20.1. The zero-order chi connectivity index (χ0) is 24.0. The summed E-state index contributed by atoms with van der Waals surface area (Å²) in [6, 6.07) is 23.1. The van der Waals surface area contributed by atoms with Crippen LogP contribution in [-0.4, -0.2) is 39.4 Å². The zero-order valence-electron chi connectivity index (χ0n) is 19.3. The molecule has 0 saturated carbocycles. The number of anilines is 1. The van der Waals surface area contributed by atoms with Crippen LogP contribution < -0.4 is 9.46 Å². The van der Waals surface area contributed by atoms with Crippen molar-refractivity contribution in [2.75, 3.05) is 24.9 Å². The molecule has 3 aromatic carbocycles. The van der Waals surface area contributed by atoms with Crippen molar-refractivity contribution in [3.8, 4) is 5.75 Å². The number of ether oxygens (including phenoxy) is 1. The van der Waals surface area contributed by atoms with Crippen LogP contribution >= 0.6 is 0 Å². The van der Waals surface area contributed by atoms with Crippen LogP contribution in [0.1, 0.15) is 35.2 Å². The van der Waals surface area contributed by atoms with Crippen molar-refractivity contribution in [1.82, 2.24) is 4.90 Å². The highest BCUT2D eigenvalue weighted by Crippen LogP contribution is 2.25. The Hall–Kier alpha value is -3.32. The molecular weight excluding hydrogens is 448 g/mol. The monoisotopic (exact) mass is 478 g/mol. The van der Waals surface area contributed by atoms with Crippen LogP contribution in [0.5, 0.6) is 5.75 Å². The first-order valence-corrected chi connectivity index (χ1v) is 13.0. The maximum absolute atomic E-state index is 13.1. The van der Waals surface area contributed by atoms with Gasteiger partial charge in [-0.15, -0.1) is 0 Å². The van der Waals surface area contributed by atoms with E-state index in [1.54, 1.807) is 49.6 Å². The molecule has 1 amide bonds. The van der Waals surface area contributed by atoms with E-state index < -0.39 is 10.0 Å². The second kappa shape index (κ2) is 10.7. The number of hydrogen-bond donors (Lipinski definition) is 1. The summed E-state index contributed by atoms with van der Waals surface area (Å²) in [6.07, 6.45) is 4.07. The first-order valence-electron chi connectivity index (χ1n) is 11.5. The molecule has 0 bridgehead atoms. The molecule has 1 N–H and O–H groups in total. The molecular formula is C27H30N2O4S. The quantitative estimate of drug-likeness (QED) is 0.495. The number of nitrogens with zero attached hydrogens (tertiary/aromatic N) is 1. The van der Waals surface area contributed by atoms with E-state index in [0.29, 0.717) is 30.3 Å². The van der Waals surface area contributed by atoms with Gasteiger partial charge in [0.05, 0.1) is 12.0 Å². The summed E-state index contributed by atoms with van der Waals surface area (Å²) in [5, 5.41) is 0. The number of amides is 1. The number of likely N-dealkylation sites (tertiary alicyclic amines) is 1. The molecule has 4 rings (SSSR count). The topological polar surface area (TPSA) is 75.7 Å². The highest BCUT2D eigenvalue weighted by molar-refractivity contribution is 7.92. The second-order valence-corrected chi connectivity index (χ2v) is 10.3. The molecule has 1 fully saturated rings. The van der Waals surface area contributed by atoms with E-state index in [1.165, 1.54) is 17.7 Å². The third kappa shape index (κ3) is 5.97. The average Bonchev–Trinajstić information content (AvgIpc) is 2.88. The van der Waals surface area contributed by atoms with E-state index in [0.717, 1.165) is 31.4 Å². The summed E-state index contributed by atoms with van der Waals surface area (Å²) in [5.41, 5.74) is 2.17. The molecule has 0 unspecified atom stereocenters. The molecule has 7 heteroatoms. The number of hydrogen-bond acceptors (Lipinski definition) is 4. The van der Waals surface area contributed by atoms with Gasteiger partial charge < -0.3 is 9.64 Å². The van der Waals surface area contributed by atoms with Crippen molar-refractivity contribution in [1.29, 1.82) is 0 Å². The van der Waals surface area contributed by atoms with Crippen LogP contribution in [0.2, 0.25) is 0 Å². The Morgan fingerprint density at radius 1 is 0.971 bits per heavy atom. The van der Waals surface area contributed by atoms with Gasteiger partial charge in [-0.1, -0.05) is 36.4 Å². The maximum atomic E-state index is 13.1. The Balaban J connectivity index is 1.31. The molecule has 1 heterocycles. The molecule has 0 spiro atoms. The fraction of sp³-hybridized carbons (Fsp3) is 0.296. The van der Waals surface area contributed by atoms with Crippen molar-refractivity contribution in [2.45, 2.75) is 30.6 Å². The maximum Gasteiger partial charge on any atom is 0.261 e. The number of methoxy groups -OCH3 is 1. The van der Waals surface area contributed by atoms with Crippen LogP contribution in [0, 0.1) is 5.92 Å². The Morgan fingerprint density at radius 2 is 1.68 bits per heavy atom. The standard InChI is InChI=1S/C27H30N2O4S/c1-33-25-14-12-21(13-15-25)10-11-22-16-18-29(19-17-22)27(30)23-6-5-7-24(20-23)28-34(31,32)26-8-3-2-4-9-26/h2-9,12-15,20,22,28H,10-11,16-19H2,1H3. The Bertz CT molecular complexity index is 1200. The SMILES string of the molecule is COc1ccc(CCC2CCN(C(=O)c3cccc(NS(=O)(=O)c4ccccc4)c3)CC2)cc1. The minimum Gasteiger partial charge on any atom is -0.497 e. The molecule has 0 aromatic heterocycles. The summed E-state index contributed by atoms with van der Waals surface area (Å²) >= 11 is 0. The lowest BCUT2D eigenvalue weighted by Gasteiger charge is -2.32. The van der Waals surface area contributed by atoms with Gasteiger partial charge in [0, 0.05) is 24.3 Å². The third-order valence-corrected chi connectivity index (χ3v) is 7.71. The van der Waals surface area contributed by atoms with Gasteiger partial charge in [0.2, 0.25) is 0 Å². The van der Waals surface area contributed by atoms with E-state index in [1.807, 2.05) is 17.0 Å². The Morgan fingerprint density at radius 3 is 2.35 bits per heavy atom. The normalized spacial score (nSPS) is 14.6. The highest BCUT2D eigenvalue weighted by Gasteiger charge is 2.24. The molecule has 0 atom stereocenters. The van der Waals surface area contributed by atoms with Gasteiger partial charge >= 0.3 is 0 Å². The summed E-state index contributed by atoms with van der Waals surface area (Å²) in [4.78, 5) is 15.1. The fourth-order valence-electron chi connectivity index (χ4n) is 4.30. The Labute approximate surface area is 201 Å². The fourth-order valence-corrected chi connectivity index (χ4v) is 5.37. The van der Waals surface area contributed by atoms with Gasteiger partial charge in [0.25, 0.3) is 15.9 Å². The molecule has 178 valence electrons. The van der Waals surface area contributed by atoms with Crippen molar-refractivity contribution >= 4 is 21.6 Å². The number of rotatable bonds is 8. The summed E-state index contributed by atoms with van der Waals surface area (Å²) in [6.45, 7) is 1.43. The summed E-state index contributed by atoms with van der Waals surface area (Å²) < 4.78 is 33.0. The highest BCUT2D eigenvalue weighted by atomic mass is 32.2. The largest absolute Gasteiger partial charge is 0.497 e. The van der Waals surface area contributed by atoms with Gasteiger partial charge in [-0.2, -0.15) is 0 Å². The lowest BCUT2D eigenvalue weighted by molar-refractivity contribution is 0.0687. The van der Waals surface area contributed by atoms with Gasteiger partial charge in [-0.05, 0) is 79.6 Å². The van der Waals surface area contributed by atoms with Crippen LogP contribution in [0.25, 0.3) is 0 Å².